The molecule has 4 nitrogen and oxygen atoms in total. The number of hydrogen-bond acceptors (Lipinski definition) is 4. The van der Waals surface area contributed by atoms with Gasteiger partial charge in [0.05, 0.1) is 7.11 Å². The molecule has 1 rings (SSSR count). The molecule has 17 heavy (non-hydrogen) atoms. The molecule has 92 valence electrons. The van der Waals surface area contributed by atoms with E-state index in [-0.39, 0.29) is 12.1 Å². The standard InChI is InChI=1S/C11H11Cl2NO3/c1-16-11(15)10(14-17-2)5-7-3-4-8(12)6-9(7)13/h3-4,6H,5H2,1-2H3/b14-10+. The highest BCUT2D eigenvalue weighted by atomic mass is 35.5. The van der Waals surface area contributed by atoms with Crippen molar-refractivity contribution in [2.24, 2.45) is 5.16 Å². The number of ether oxygens (including phenoxy) is 1. The van der Waals surface area contributed by atoms with Gasteiger partial charge in [-0.05, 0) is 17.7 Å². The number of halogens is 2. The van der Waals surface area contributed by atoms with Gasteiger partial charge in [-0.25, -0.2) is 4.79 Å². The summed E-state index contributed by atoms with van der Waals surface area (Å²) in [5.41, 5.74) is 0.858. The number of carbonyl (C=O) groups is 1. The second kappa shape index (κ2) is 6.47. The highest BCUT2D eigenvalue weighted by molar-refractivity contribution is 6.38. The van der Waals surface area contributed by atoms with Crippen molar-refractivity contribution >= 4 is 34.9 Å². The Morgan fingerprint density at radius 1 is 1.35 bits per heavy atom. The molecule has 0 aliphatic carbocycles. The van der Waals surface area contributed by atoms with Crippen LogP contribution in [0.15, 0.2) is 23.4 Å². The van der Waals surface area contributed by atoms with Crippen LogP contribution in [0.25, 0.3) is 0 Å². The molecule has 0 N–H and O–H groups in total. The van der Waals surface area contributed by atoms with Crippen LogP contribution in [-0.4, -0.2) is 25.9 Å². The predicted molar refractivity (Wildman–Crippen MR) is 66.6 cm³/mol. The number of carbonyl (C=O) groups excluding carboxylic acids is 1. The monoisotopic (exact) mass is 275 g/mol. The molecule has 0 saturated heterocycles. The van der Waals surface area contributed by atoms with Gasteiger partial charge in [-0.1, -0.05) is 34.4 Å². The second-order valence-electron chi connectivity index (χ2n) is 3.12. The highest BCUT2D eigenvalue weighted by Gasteiger charge is 2.15. The van der Waals surface area contributed by atoms with Crippen LogP contribution in [0.3, 0.4) is 0 Å². The van der Waals surface area contributed by atoms with Gasteiger partial charge in [0.15, 0.2) is 5.71 Å². The first kappa shape index (κ1) is 13.8. The third kappa shape index (κ3) is 3.91. The Bertz CT molecular complexity index is 446. The molecular formula is C11H11Cl2NO3. The van der Waals surface area contributed by atoms with Crippen LogP contribution >= 0.6 is 23.2 Å². The van der Waals surface area contributed by atoms with E-state index in [0.717, 1.165) is 5.56 Å². The van der Waals surface area contributed by atoms with Crippen molar-refractivity contribution in [3.8, 4) is 0 Å². The van der Waals surface area contributed by atoms with Crippen molar-refractivity contribution in [2.45, 2.75) is 6.42 Å². The maximum Gasteiger partial charge on any atom is 0.356 e. The molecule has 0 aliphatic heterocycles. The smallest absolute Gasteiger partial charge is 0.356 e. The maximum atomic E-state index is 11.4. The summed E-state index contributed by atoms with van der Waals surface area (Å²) >= 11 is 11.8. The summed E-state index contributed by atoms with van der Waals surface area (Å²) in [7, 11) is 2.63. The molecule has 0 heterocycles. The number of hydrogen-bond donors (Lipinski definition) is 0. The molecule has 0 unspecified atom stereocenters. The molecule has 0 aliphatic rings. The minimum absolute atomic E-state index is 0.138. The number of nitrogens with zero attached hydrogens (tertiary/aromatic N) is 1. The third-order valence-corrected chi connectivity index (χ3v) is 2.58. The average Bonchev–Trinajstić information content (AvgIpc) is 2.30. The lowest BCUT2D eigenvalue weighted by atomic mass is 10.1. The molecule has 0 saturated carbocycles. The van der Waals surface area contributed by atoms with Crippen molar-refractivity contribution < 1.29 is 14.4 Å². The zero-order chi connectivity index (χ0) is 12.8. The Morgan fingerprint density at radius 2 is 2.06 bits per heavy atom. The molecule has 0 radical (unpaired) electrons. The van der Waals surface area contributed by atoms with E-state index in [0.29, 0.717) is 10.0 Å². The predicted octanol–water partition coefficient (Wildman–Crippen LogP) is 2.71. The first-order valence-electron chi connectivity index (χ1n) is 4.70. The SMILES string of the molecule is CO/N=C(\Cc1ccc(Cl)cc1Cl)C(=O)OC. The Labute approximate surface area is 109 Å². The molecule has 0 atom stereocenters. The van der Waals surface area contributed by atoms with Crippen molar-refractivity contribution in [1.29, 1.82) is 0 Å². The number of rotatable bonds is 4. The summed E-state index contributed by atoms with van der Waals surface area (Å²) in [4.78, 5) is 16.0. The fourth-order valence-electron chi connectivity index (χ4n) is 1.22. The number of benzene rings is 1. The van der Waals surface area contributed by atoms with E-state index in [1.54, 1.807) is 18.2 Å². The molecular weight excluding hydrogens is 265 g/mol. The zero-order valence-electron chi connectivity index (χ0n) is 9.37. The zero-order valence-corrected chi connectivity index (χ0v) is 10.9. The van der Waals surface area contributed by atoms with Gasteiger partial charge in [-0.15, -0.1) is 0 Å². The van der Waals surface area contributed by atoms with Gasteiger partial charge in [0, 0.05) is 16.5 Å². The third-order valence-electron chi connectivity index (χ3n) is 2.00. The quantitative estimate of drug-likeness (QED) is 0.482. The lowest BCUT2D eigenvalue weighted by molar-refractivity contribution is -0.133. The van der Waals surface area contributed by atoms with Gasteiger partial charge in [0.1, 0.15) is 7.11 Å². The Hall–Kier alpha value is -1.26. The van der Waals surface area contributed by atoms with Gasteiger partial charge in [0.2, 0.25) is 0 Å². The van der Waals surface area contributed by atoms with Crippen LogP contribution in [0.4, 0.5) is 0 Å². The van der Waals surface area contributed by atoms with E-state index in [2.05, 4.69) is 14.7 Å². The van der Waals surface area contributed by atoms with Gasteiger partial charge < -0.3 is 9.57 Å². The first-order chi connectivity index (χ1) is 8.08. The van der Waals surface area contributed by atoms with Crippen molar-refractivity contribution in [2.75, 3.05) is 14.2 Å². The summed E-state index contributed by atoms with van der Waals surface area (Å²) in [6.45, 7) is 0. The van der Waals surface area contributed by atoms with E-state index in [9.17, 15) is 4.79 Å². The highest BCUT2D eigenvalue weighted by Crippen LogP contribution is 2.21. The maximum absolute atomic E-state index is 11.4. The molecule has 0 amide bonds. The summed E-state index contributed by atoms with van der Waals surface area (Å²) in [5.74, 6) is -0.558. The second-order valence-corrected chi connectivity index (χ2v) is 3.97. The van der Waals surface area contributed by atoms with Crippen LogP contribution in [0.2, 0.25) is 10.0 Å². The number of esters is 1. The largest absolute Gasteiger partial charge is 0.464 e. The molecule has 0 spiro atoms. The van der Waals surface area contributed by atoms with Crippen molar-refractivity contribution in [1.82, 2.24) is 0 Å². The molecule has 1 aromatic rings. The van der Waals surface area contributed by atoms with Crippen LogP contribution in [0.5, 0.6) is 0 Å². The van der Waals surface area contributed by atoms with Gasteiger partial charge in [0.25, 0.3) is 0 Å². The Morgan fingerprint density at radius 3 is 2.59 bits per heavy atom. The fourth-order valence-corrected chi connectivity index (χ4v) is 1.69. The Kier molecular flexibility index (Phi) is 5.25. The lowest BCUT2D eigenvalue weighted by Crippen LogP contribution is -2.19. The van der Waals surface area contributed by atoms with E-state index in [4.69, 9.17) is 23.2 Å². The minimum atomic E-state index is -0.558. The lowest BCUT2D eigenvalue weighted by Gasteiger charge is -2.06. The van der Waals surface area contributed by atoms with E-state index >= 15 is 0 Å². The fraction of sp³-hybridized carbons (Fsp3) is 0.273. The molecule has 0 bridgehead atoms. The summed E-state index contributed by atoms with van der Waals surface area (Å²) < 4.78 is 4.58. The van der Waals surface area contributed by atoms with E-state index in [1.165, 1.54) is 14.2 Å². The van der Waals surface area contributed by atoms with E-state index in [1.807, 2.05) is 0 Å². The Balaban J connectivity index is 2.94. The number of methoxy groups -OCH3 is 1. The molecule has 1 aromatic carbocycles. The van der Waals surface area contributed by atoms with Crippen molar-refractivity contribution in [3.05, 3.63) is 33.8 Å². The molecule has 6 heteroatoms. The first-order valence-corrected chi connectivity index (χ1v) is 5.46. The minimum Gasteiger partial charge on any atom is -0.464 e. The van der Waals surface area contributed by atoms with Crippen LogP contribution in [0, 0.1) is 0 Å². The number of oxime groups is 1. The molecule has 0 fully saturated rings. The molecule has 0 aromatic heterocycles. The van der Waals surface area contributed by atoms with Gasteiger partial charge >= 0.3 is 5.97 Å². The summed E-state index contributed by atoms with van der Waals surface area (Å²) in [5, 5.41) is 4.60. The van der Waals surface area contributed by atoms with Gasteiger partial charge in [-0.2, -0.15) is 0 Å². The van der Waals surface area contributed by atoms with Crippen LogP contribution in [-0.2, 0) is 20.8 Å². The average molecular weight is 276 g/mol. The summed E-state index contributed by atoms with van der Waals surface area (Å²) in [6, 6.07) is 5.00. The van der Waals surface area contributed by atoms with Crippen LogP contribution < -0.4 is 0 Å². The topological polar surface area (TPSA) is 47.9 Å². The van der Waals surface area contributed by atoms with Gasteiger partial charge in [-0.3, -0.25) is 0 Å². The normalized spacial score (nSPS) is 11.2. The van der Waals surface area contributed by atoms with Crippen molar-refractivity contribution in [3.63, 3.8) is 0 Å². The van der Waals surface area contributed by atoms with Crippen LogP contribution in [0.1, 0.15) is 5.56 Å². The summed E-state index contributed by atoms with van der Waals surface area (Å²) in [6.07, 6.45) is 0.219. The van der Waals surface area contributed by atoms with E-state index < -0.39 is 5.97 Å².